The van der Waals surface area contributed by atoms with E-state index in [0.717, 1.165) is 11.5 Å². The first-order valence-corrected chi connectivity index (χ1v) is 22.0. The molecule has 6 aliphatic carbocycles. The number of carbonyl (C=O) groups excluding carboxylic acids is 2. The maximum Gasteiger partial charge on any atom is 0.338 e. The Morgan fingerprint density at radius 2 is 0.891 bits per heavy atom. The minimum Gasteiger partial charge on any atom is -0.546 e. The average Bonchev–Trinajstić information content (AvgIpc) is 3.24. The van der Waals surface area contributed by atoms with Crippen LogP contribution in [0.1, 0.15) is 54.4 Å². The topological polar surface area (TPSA) is 89.5 Å². The van der Waals surface area contributed by atoms with Gasteiger partial charge < -0.3 is 27.8 Å². The molecule has 0 atom stereocenters. The molecule has 2 spiro atoms. The fourth-order valence-corrected chi connectivity index (χ4v) is 8.31. The highest BCUT2D eigenvalue weighted by Crippen LogP contribution is 2.52. The highest BCUT2D eigenvalue weighted by molar-refractivity contribution is 6.74. The smallest absolute Gasteiger partial charge is 0.338 e. The molecule has 0 amide bonds. The number of hydrogen-bond acceptors (Lipinski definition) is 8. The Balaban J connectivity index is 0.000000181. The van der Waals surface area contributed by atoms with Crippen molar-refractivity contribution in [2.24, 2.45) is 10.8 Å². The number of carbonyl (C=O) groups is 2. The first kappa shape index (κ1) is 34.7. The van der Waals surface area contributed by atoms with Gasteiger partial charge in [-0.25, -0.2) is 9.59 Å². The summed E-state index contributed by atoms with van der Waals surface area (Å²) in [5.41, 5.74) is -0.723. The van der Waals surface area contributed by atoms with Crippen LogP contribution in [-0.4, -0.2) is 67.2 Å². The second-order valence-corrected chi connectivity index (χ2v) is 26.0. The van der Waals surface area contributed by atoms with Crippen LogP contribution in [0.15, 0.2) is 71.3 Å². The van der Waals surface area contributed by atoms with E-state index < -0.39 is 38.7 Å². The van der Waals surface area contributed by atoms with Gasteiger partial charge in [-0.3, -0.25) is 0 Å². The third kappa shape index (κ3) is 5.63. The predicted octanol–water partition coefficient (Wildman–Crippen LogP) is 7.44. The molecule has 0 unspecified atom stereocenters. The molecule has 0 radical (unpaired) electrons. The van der Waals surface area contributed by atoms with Gasteiger partial charge in [0.1, 0.15) is 24.4 Å². The van der Waals surface area contributed by atoms with E-state index in [-0.39, 0.29) is 22.0 Å². The highest BCUT2D eigenvalue weighted by Gasteiger charge is 2.54. The summed E-state index contributed by atoms with van der Waals surface area (Å²) in [5.74, 6) is 0.968. The van der Waals surface area contributed by atoms with Gasteiger partial charge in [0.15, 0.2) is 0 Å². The molecular formula is C36H52O8Si2. The summed E-state index contributed by atoms with van der Waals surface area (Å²) >= 11 is 0. The molecule has 0 aromatic heterocycles. The van der Waals surface area contributed by atoms with Crippen LogP contribution in [0.5, 0.6) is 0 Å². The molecule has 0 N–H and O–H groups in total. The molecule has 8 rings (SSSR count). The maximum absolute atomic E-state index is 12.4. The number of fused-ring (bicyclic) bond motifs is 2. The molecule has 46 heavy (non-hydrogen) atoms. The summed E-state index contributed by atoms with van der Waals surface area (Å²) < 4.78 is 35.4. The Morgan fingerprint density at radius 3 is 1.15 bits per heavy atom. The van der Waals surface area contributed by atoms with Gasteiger partial charge in [0.2, 0.25) is 16.6 Å². The van der Waals surface area contributed by atoms with E-state index in [2.05, 4.69) is 67.7 Å². The van der Waals surface area contributed by atoms with Gasteiger partial charge in [0.05, 0.1) is 33.5 Å². The van der Waals surface area contributed by atoms with Crippen LogP contribution in [0.25, 0.3) is 0 Å². The molecule has 0 saturated carbocycles. The fraction of sp³-hybridized carbons (Fsp3) is 0.611. The normalized spacial score (nSPS) is 32.9. The Morgan fingerprint density at radius 1 is 0.587 bits per heavy atom. The quantitative estimate of drug-likeness (QED) is 0.164. The Hall–Kier alpha value is -2.67. The van der Waals surface area contributed by atoms with Crippen molar-refractivity contribution in [3.05, 3.63) is 71.3 Å². The fourth-order valence-electron chi connectivity index (χ4n) is 6.12. The van der Waals surface area contributed by atoms with E-state index in [4.69, 9.17) is 27.8 Å². The SMILES string of the molecule is COC12C=CC3(C=C1)COC(=O)C3=C(O[Si](C)(C)C(C)(C)C)C2.COC12C=CC3(C=C1)COC(=O)C3=C(O[Si](C)(C)C(C)(C)C)C2. The van der Waals surface area contributed by atoms with E-state index >= 15 is 0 Å². The Bertz CT molecular complexity index is 1350. The molecule has 0 aromatic carbocycles. The number of ether oxygens (including phenoxy) is 4. The van der Waals surface area contributed by atoms with Gasteiger partial charge in [-0.05, 0) is 36.3 Å². The molecule has 0 aromatic rings. The molecule has 4 bridgehead atoms. The van der Waals surface area contributed by atoms with Crippen LogP contribution < -0.4 is 0 Å². The van der Waals surface area contributed by atoms with Crippen molar-refractivity contribution in [1.29, 1.82) is 0 Å². The summed E-state index contributed by atoms with van der Waals surface area (Å²) in [4.78, 5) is 24.9. The molecule has 8 nitrogen and oxygen atoms in total. The third-order valence-electron chi connectivity index (χ3n) is 11.4. The summed E-state index contributed by atoms with van der Waals surface area (Å²) in [6, 6.07) is 0. The zero-order chi connectivity index (χ0) is 34.2. The summed E-state index contributed by atoms with van der Waals surface area (Å²) in [5, 5.41) is 0.116. The van der Waals surface area contributed by atoms with Gasteiger partial charge in [0, 0.05) is 27.1 Å². The largest absolute Gasteiger partial charge is 0.546 e. The molecule has 252 valence electrons. The summed E-state index contributed by atoms with van der Waals surface area (Å²) in [6.45, 7) is 22.6. The van der Waals surface area contributed by atoms with Crippen molar-refractivity contribution < 1.29 is 37.4 Å². The average molecular weight is 669 g/mol. The van der Waals surface area contributed by atoms with Gasteiger partial charge in [-0.2, -0.15) is 0 Å². The van der Waals surface area contributed by atoms with Gasteiger partial charge in [0.25, 0.3) is 0 Å². The minimum absolute atomic E-state index is 0.0582. The van der Waals surface area contributed by atoms with E-state index in [9.17, 15) is 9.59 Å². The number of cyclic esters (lactones) is 2. The molecule has 2 fully saturated rings. The number of rotatable bonds is 6. The van der Waals surface area contributed by atoms with Crippen molar-refractivity contribution >= 4 is 28.6 Å². The standard InChI is InChI=1S/2C18H26O4Si/c2*1-16(2,3)23(5,6)22-13-11-18(20-4)9-7-17(8-10-18)12-21-15(19)14(13)17/h2*7-10H,11-12H2,1-6H3. The van der Waals surface area contributed by atoms with Crippen molar-refractivity contribution in [3.8, 4) is 0 Å². The van der Waals surface area contributed by atoms with Crippen LogP contribution >= 0.6 is 0 Å². The lowest BCUT2D eigenvalue weighted by Gasteiger charge is -2.38. The zero-order valence-corrected chi connectivity index (χ0v) is 31.7. The lowest BCUT2D eigenvalue weighted by molar-refractivity contribution is -0.136. The summed E-state index contributed by atoms with van der Waals surface area (Å²) in [7, 11) is -0.732. The van der Waals surface area contributed by atoms with Crippen LogP contribution in [0.3, 0.4) is 0 Å². The second-order valence-electron chi connectivity index (χ2n) is 16.6. The Kier molecular flexibility index (Phi) is 8.24. The molecule has 10 heteroatoms. The maximum atomic E-state index is 12.4. The van der Waals surface area contributed by atoms with Gasteiger partial charge in [-0.1, -0.05) is 90.2 Å². The van der Waals surface area contributed by atoms with Crippen LogP contribution in [-0.2, 0) is 37.4 Å². The molecule has 8 aliphatic rings. The first-order chi connectivity index (χ1) is 21.1. The minimum atomic E-state index is -2.06. The predicted molar refractivity (Wildman–Crippen MR) is 183 cm³/mol. The van der Waals surface area contributed by atoms with E-state index in [1.54, 1.807) is 14.2 Å². The first-order valence-electron chi connectivity index (χ1n) is 16.2. The van der Waals surface area contributed by atoms with E-state index in [0.29, 0.717) is 37.2 Å². The number of hydrogen-bond donors (Lipinski definition) is 0. The highest BCUT2D eigenvalue weighted by atomic mass is 28.4. The third-order valence-corrected chi connectivity index (χ3v) is 20.2. The Labute approximate surface area is 276 Å². The van der Waals surface area contributed by atoms with Crippen LogP contribution in [0.4, 0.5) is 0 Å². The number of methoxy groups -OCH3 is 2. The molecule has 2 saturated heterocycles. The van der Waals surface area contributed by atoms with Crippen molar-refractivity contribution in [3.63, 3.8) is 0 Å². The lowest BCUT2D eigenvalue weighted by Crippen LogP contribution is -2.41. The number of esters is 2. The van der Waals surface area contributed by atoms with Gasteiger partial charge in [-0.15, -0.1) is 0 Å². The molecular weight excluding hydrogens is 617 g/mol. The van der Waals surface area contributed by atoms with Crippen molar-refractivity contribution in [2.45, 2.75) is 102 Å². The van der Waals surface area contributed by atoms with Gasteiger partial charge >= 0.3 is 11.9 Å². The van der Waals surface area contributed by atoms with Crippen LogP contribution in [0, 0.1) is 10.8 Å². The van der Waals surface area contributed by atoms with Crippen molar-refractivity contribution in [1.82, 2.24) is 0 Å². The monoisotopic (exact) mass is 668 g/mol. The lowest BCUT2D eigenvalue weighted by atomic mass is 9.79. The molecule has 2 heterocycles. The molecule has 2 aliphatic heterocycles. The summed E-state index contributed by atoms with van der Waals surface area (Å²) in [6.07, 6.45) is 17.4. The van der Waals surface area contributed by atoms with Crippen LogP contribution in [0.2, 0.25) is 36.3 Å². The zero-order valence-electron chi connectivity index (χ0n) is 29.7. The van der Waals surface area contributed by atoms with E-state index in [1.807, 2.05) is 48.6 Å². The van der Waals surface area contributed by atoms with Crippen molar-refractivity contribution in [2.75, 3.05) is 27.4 Å². The van der Waals surface area contributed by atoms with E-state index in [1.165, 1.54) is 0 Å². The second kappa shape index (κ2) is 10.9.